The van der Waals surface area contributed by atoms with Gasteiger partial charge in [-0.2, -0.15) is 4.79 Å². The number of benzene rings is 3. The van der Waals surface area contributed by atoms with E-state index in [1.54, 1.807) is 6.08 Å². The highest BCUT2D eigenvalue weighted by Gasteiger charge is 2.28. The fourth-order valence-corrected chi connectivity index (χ4v) is 3.24. The molecule has 1 atom stereocenters. The quantitative estimate of drug-likeness (QED) is 0.541. The molecule has 4 rings (SSSR count). The van der Waals surface area contributed by atoms with E-state index in [4.69, 9.17) is 0 Å². The van der Waals surface area contributed by atoms with Crippen molar-refractivity contribution in [1.29, 1.82) is 0 Å². The Morgan fingerprint density at radius 3 is 2.48 bits per heavy atom. The van der Waals surface area contributed by atoms with Crippen LogP contribution in [0.5, 0.6) is 0 Å². The van der Waals surface area contributed by atoms with Crippen LogP contribution >= 0.6 is 0 Å². The third-order valence-corrected chi connectivity index (χ3v) is 4.30. The molecule has 23 heavy (non-hydrogen) atoms. The maximum Gasteiger partial charge on any atom is 0.325 e. The lowest BCUT2D eigenvalue weighted by Crippen LogP contribution is -2.40. The summed E-state index contributed by atoms with van der Waals surface area (Å²) in [5.74, 6) is 0. The zero-order chi connectivity index (χ0) is 15.8. The minimum absolute atomic E-state index is 0.256. The van der Waals surface area contributed by atoms with Crippen molar-refractivity contribution in [3.05, 3.63) is 88.3 Å². The van der Waals surface area contributed by atoms with Gasteiger partial charge in [0.1, 0.15) is 0 Å². The van der Waals surface area contributed by atoms with Gasteiger partial charge >= 0.3 is 5.71 Å². The van der Waals surface area contributed by atoms with Gasteiger partial charge in [0.05, 0.1) is 0 Å². The summed E-state index contributed by atoms with van der Waals surface area (Å²) in [7, 11) is 0. The van der Waals surface area contributed by atoms with Crippen molar-refractivity contribution in [3.8, 4) is 0 Å². The Balaban J connectivity index is 2.19. The van der Waals surface area contributed by atoms with Gasteiger partial charge in [0.25, 0.3) is 0 Å². The van der Waals surface area contributed by atoms with Gasteiger partial charge in [-0.25, -0.2) is 0 Å². The molecule has 3 heteroatoms. The van der Waals surface area contributed by atoms with Gasteiger partial charge in [-0.15, -0.1) is 0 Å². The number of aliphatic hydroxyl groups is 1. The highest BCUT2D eigenvalue weighted by Crippen LogP contribution is 2.26. The molecule has 0 saturated heterocycles. The van der Waals surface area contributed by atoms with E-state index >= 15 is 0 Å². The number of aliphatic hydroxyl groups excluding tert-OH is 1. The summed E-state index contributed by atoms with van der Waals surface area (Å²) in [5, 5.41) is 14.8. The molecule has 0 aromatic heterocycles. The summed E-state index contributed by atoms with van der Waals surface area (Å²) >= 11 is 0. The van der Waals surface area contributed by atoms with Crippen molar-refractivity contribution in [1.82, 2.24) is 0 Å². The third kappa shape index (κ3) is 2.11. The van der Waals surface area contributed by atoms with Gasteiger partial charge in [-0.1, -0.05) is 66.7 Å². The van der Waals surface area contributed by atoms with E-state index < -0.39 is 6.10 Å². The van der Waals surface area contributed by atoms with Gasteiger partial charge in [0, 0.05) is 11.6 Å². The molecule has 0 radical (unpaired) electrons. The number of hydrogen-bond donors (Lipinski definition) is 1. The Bertz CT molecular complexity index is 1090. The van der Waals surface area contributed by atoms with Crippen LogP contribution in [0.4, 0.5) is 0 Å². The number of hydrogen-bond acceptors (Lipinski definition) is 1. The molecule has 110 valence electrons. The SMILES string of the molecule is [N-]=[N+]=C1C=c2ccccc2=C(c2cccc3ccccc23)C1O. The molecule has 0 fully saturated rings. The second kappa shape index (κ2) is 5.33. The van der Waals surface area contributed by atoms with Crippen molar-refractivity contribution in [3.63, 3.8) is 0 Å². The lowest BCUT2D eigenvalue weighted by atomic mass is 9.87. The van der Waals surface area contributed by atoms with E-state index in [0.29, 0.717) is 0 Å². The minimum Gasteiger partial charge on any atom is -0.376 e. The average molecular weight is 298 g/mol. The van der Waals surface area contributed by atoms with Crippen LogP contribution in [0.1, 0.15) is 5.56 Å². The van der Waals surface area contributed by atoms with E-state index in [-0.39, 0.29) is 5.71 Å². The average Bonchev–Trinajstić information content (AvgIpc) is 2.61. The molecule has 0 bridgehead atoms. The number of fused-ring (bicyclic) bond motifs is 2. The molecule has 3 aromatic rings. The van der Waals surface area contributed by atoms with Crippen LogP contribution in [-0.4, -0.2) is 21.7 Å². The molecule has 1 aliphatic rings. The van der Waals surface area contributed by atoms with Crippen LogP contribution in [0.25, 0.3) is 28.0 Å². The van der Waals surface area contributed by atoms with Gasteiger partial charge in [0.15, 0.2) is 6.10 Å². The Morgan fingerprint density at radius 2 is 1.61 bits per heavy atom. The number of nitrogens with zero attached hydrogens (tertiary/aromatic N) is 2. The highest BCUT2D eigenvalue weighted by atomic mass is 16.3. The van der Waals surface area contributed by atoms with Crippen LogP contribution in [-0.2, 0) is 0 Å². The first-order valence-electron chi connectivity index (χ1n) is 7.49. The molecular formula is C20H14N2O. The van der Waals surface area contributed by atoms with E-state index in [0.717, 1.165) is 32.3 Å². The number of rotatable bonds is 1. The van der Waals surface area contributed by atoms with E-state index in [9.17, 15) is 10.6 Å². The largest absolute Gasteiger partial charge is 0.376 e. The second-order valence-electron chi connectivity index (χ2n) is 5.60. The summed E-state index contributed by atoms with van der Waals surface area (Å²) in [6, 6.07) is 21.9. The first-order valence-corrected chi connectivity index (χ1v) is 7.49. The maximum absolute atomic E-state index is 10.7. The van der Waals surface area contributed by atoms with Crippen molar-refractivity contribution >= 4 is 28.1 Å². The lowest BCUT2D eigenvalue weighted by molar-refractivity contribution is -0.0129. The van der Waals surface area contributed by atoms with E-state index in [1.165, 1.54) is 0 Å². The van der Waals surface area contributed by atoms with Crippen LogP contribution in [0.15, 0.2) is 66.7 Å². The molecule has 0 heterocycles. The third-order valence-electron chi connectivity index (χ3n) is 4.30. The first kappa shape index (κ1) is 13.6. The summed E-state index contributed by atoms with van der Waals surface area (Å²) in [4.78, 5) is 3.27. The van der Waals surface area contributed by atoms with Crippen molar-refractivity contribution in [2.24, 2.45) is 0 Å². The van der Waals surface area contributed by atoms with Crippen LogP contribution in [0, 0.1) is 0 Å². The van der Waals surface area contributed by atoms with Gasteiger partial charge in [-0.05, 0) is 26.8 Å². The lowest BCUT2D eigenvalue weighted by Gasteiger charge is -2.17. The molecular weight excluding hydrogens is 284 g/mol. The summed E-state index contributed by atoms with van der Waals surface area (Å²) in [6.07, 6.45) is 0.759. The van der Waals surface area contributed by atoms with E-state index in [2.05, 4.69) is 4.79 Å². The second-order valence-corrected chi connectivity index (χ2v) is 5.60. The molecule has 3 nitrogen and oxygen atoms in total. The monoisotopic (exact) mass is 298 g/mol. The molecule has 0 amide bonds. The fraction of sp³-hybridized carbons (Fsp3) is 0.0500. The topological polar surface area (TPSA) is 56.6 Å². The predicted molar refractivity (Wildman–Crippen MR) is 91.2 cm³/mol. The molecule has 1 unspecified atom stereocenters. The van der Waals surface area contributed by atoms with Gasteiger partial charge < -0.3 is 10.6 Å². The highest BCUT2D eigenvalue weighted by molar-refractivity contribution is 6.17. The van der Waals surface area contributed by atoms with Crippen LogP contribution in [0.2, 0.25) is 0 Å². The molecule has 0 saturated carbocycles. The van der Waals surface area contributed by atoms with Gasteiger partial charge in [0.2, 0.25) is 0 Å². The Hall–Kier alpha value is -3.00. The molecule has 0 aliphatic heterocycles. The molecule has 1 aliphatic carbocycles. The molecule has 0 spiro atoms. The Morgan fingerprint density at radius 1 is 0.870 bits per heavy atom. The van der Waals surface area contributed by atoms with Crippen molar-refractivity contribution < 1.29 is 9.90 Å². The van der Waals surface area contributed by atoms with Gasteiger partial charge in [-0.3, -0.25) is 0 Å². The Kier molecular flexibility index (Phi) is 3.16. The van der Waals surface area contributed by atoms with E-state index in [1.807, 2.05) is 66.7 Å². The minimum atomic E-state index is -0.958. The summed E-state index contributed by atoms with van der Waals surface area (Å²) in [5.41, 5.74) is 11.2. The smallest absolute Gasteiger partial charge is 0.325 e. The zero-order valence-electron chi connectivity index (χ0n) is 12.3. The normalized spacial score (nSPS) is 16.7. The fourth-order valence-electron chi connectivity index (χ4n) is 3.24. The van der Waals surface area contributed by atoms with Crippen molar-refractivity contribution in [2.45, 2.75) is 6.10 Å². The summed E-state index contributed by atoms with van der Waals surface area (Å²) in [6.45, 7) is 0. The zero-order valence-corrected chi connectivity index (χ0v) is 12.3. The summed E-state index contributed by atoms with van der Waals surface area (Å²) < 4.78 is 0. The molecule has 3 aromatic carbocycles. The molecule has 1 N–H and O–H groups in total. The van der Waals surface area contributed by atoms with Crippen LogP contribution < -0.4 is 10.4 Å². The standard InChI is InChI=1S/C20H14N2O/c21-22-18-12-14-7-2-4-10-16(14)19(20(18)23)17-11-5-8-13-6-1-3-9-15(13)17/h1-12,20,23H. The first-order chi connectivity index (χ1) is 11.3. The maximum atomic E-state index is 10.7. The predicted octanol–water partition coefficient (Wildman–Crippen LogP) is 1.86. The Labute approximate surface area is 133 Å². The van der Waals surface area contributed by atoms with Crippen molar-refractivity contribution in [2.75, 3.05) is 0 Å². The van der Waals surface area contributed by atoms with Crippen LogP contribution in [0.3, 0.4) is 0 Å².